The summed E-state index contributed by atoms with van der Waals surface area (Å²) in [6, 6.07) is 12.8. The molecule has 9 heteroatoms. The Kier molecular flexibility index (Phi) is 6.25. The maximum atomic E-state index is 12.5. The molecule has 0 bridgehead atoms. The van der Waals surface area contributed by atoms with E-state index in [1.54, 1.807) is 12.1 Å². The number of sulfonamides is 1. The second-order valence-corrected chi connectivity index (χ2v) is 8.51. The number of nitrogens with zero attached hydrogens (tertiary/aromatic N) is 4. The second kappa shape index (κ2) is 8.64. The molecule has 3 rings (SSSR count). The Balaban J connectivity index is 1.65. The molecule has 0 unspecified atom stereocenters. The molecule has 0 atom stereocenters. The van der Waals surface area contributed by atoms with Gasteiger partial charge in [-0.05, 0) is 24.3 Å². The maximum Gasteiger partial charge on any atom is 0.247 e. The van der Waals surface area contributed by atoms with Crippen molar-refractivity contribution in [2.45, 2.75) is 29.5 Å². The molecule has 0 N–H and O–H groups in total. The van der Waals surface area contributed by atoms with Crippen molar-refractivity contribution >= 4 is 21.8 Å². The Morgan fingerprint density at radius 2 is 1.78 bits per heavy atom. The van der Waals surface area contributed by atoms with Gasteiger partial charge < -0.3 is 4.42 Å². The predicted octanol–water partition coefficient (Wildman–Crippen LogP) is 3.45. The summed E-state index contributed by atoms with van der Waals surface area (Å²) in [4.78, 5) is 4.44. The number of aromatic nitrogens is 3. The van der Waals surface area contributed by atoms with E-state index in [0.29, 0.717) is 35.6 Å². The van der Waals surface area contributed by atoms with Crippen LogP contribution >= 0.6 is 11.8 Å². The Morgan fingerprint density at radius 1 is 1.04 bits per heavy atom. The first-order chi connectivity index (χ1) is 13.0. The highest BCUT2D eigenvalue weighted by Crippen LogP contribution is 2.24. The zero-order chi connectivity index (χ0) is 19.3. The van der Waals surface area contributed by atoms with Gasteiger partial charge in [0.05, 0.1) is 10.8 Å². The maximum absolute atomic E-state index is 12.5. The normalized spacial score (nSPS) is 11.8. The first kappa shape index (κ1) is 19.5. The van der Waals surface area contributed by atoms with Gasteiger partial charge in [0.1, 0.15) is 4.90 Å². The molecule has 0 aliphatic heterocycles. The van der Waals surface area contributed by atoms with Crippen LogP contribution in [0.15, 0.2) is 63.0 Å². The van der Waals surface area contributed by atoms with Crippen molar-refractivity contribution in [1.29, 1.82) is 0 Å². The smallest absolute Gasteiger partial charge is 0.247 e. The average Bonchev–Trinajstić information content (AvgIpc) is 3.17. The van der Waals surface area contributed by atoms with Crippen molar-refractivity contribution in [2.24, 2.45) is 0 Å². The highest BCUT2D eigenvalue weighted by atomic mass is 32.2. The van der Waals surface area contributed by atoms with Gasteiger partial charge in [0.2, 0.25) is 21.8 Å². The van der Waals surface area contributed by atoms with Crippen LogP contribution in [0.25, 0.3) is 11.5 Å². The number of pyridine rings is 1. The number of benzene rings is 1. The summed E-state index contributed by atoms with van der Waals surface area (Å²) < 4.78 is 32.0. The minimum atomic E-state index is -3.49. The van der Waals surface area contributed by atoms with Crippen LogP contribution in [-0.4, -0.2) is 41.0 Å². The van der Waals surface area contributed by atoms with Crippen LogP contribution in [-0.2, 0) is 15.8 Å². The highest BCUT2D eigenvalue weighted by Gasteiger charge is 2.21. The molecule has 27 heavy (non-hydrogen) atoms. The van der Waals surface area contributed by atoms with Crippen LogP contribution in [0.4, 0.5) is 0 Å². The largest absolute Gasteiger partial charge is 0.420 e. The van der Waals surface area contributed by atoms with Crippen molar-refractivity contribution in [3.05, 3.63) is 54.6 Å². The summed E-state index contributed by atoms with van der Waals surface area (Å²) >= 11 is 1.41. The van der Waals surface area contributed by atoms with E-state index in [1.165, 1.54) is 22.3 Å². The standard InChI is InChI=1S/C18H20N4O3S2/c1-3-22(4-2)27(23,24)15-10-11-17(19-12-15)26-13-16-20-21-18(25-16)14-8-6-5-7-9-14/h5-12H,3-4,13H2,1-2H3. The molecule has 1 aromatic carbocycles. The summed E-state index contributed by atoms with van der Waals surface area (Å²) in [6.07, 6.45) is 1.39. The van der Waals surface area contributed by atoms with E-state index >= 15 is 0 Å². The van der Waals surface area contributed by atoms with Crippen LogP contribution < -0.4 is 0 Å². The van der Waals surface area contributed by atoms with Crippen LogP contribution in [0.2, 0.25) is 0 Å². The number of rotatable bonds is 8. The molecule has 0 aliphatic rings. The topological polar surface area (TPSA) is 89.2 Å². The quantitative estimate of drug-likeness (QED) is 0.531. The van der Waals surface area contributed by atoms with Gasteiger partial charge in [-0.1, -0.05) is 43.8 Å². The lowest BCUT2D eigenvalue weighted by Crippen LogP contribution is -2.30. The van der Waals surface area contributed by atoms with E-state index in [-0.39, 0.29) is 4.90 Å². The molecule has 142 valence electrons. The molecule has 2 aromatic heterocycles. The van der Waals surface area contributed by atoms with E-state index in [1.807, 2.05) is 44.2 Å². The second-order valence-electron chi connectivity index (χ2n) is 5.58. The molecule has 0 spiro atoms. The Morgan fingerprint density at radius 3 is 2.41 bits per heavy atom. The van der Waals surface area contributed by atoms with E-state index in [9.17, 15) is 8.42 Å². The number of hydrogen-bond donors (Lipinski definition) is 0. The molecular formula is C18H20N4O3S2. The minimum Gasteiger partial charge on any atom is -0.420 e. The van der Waals surface area contributed by atoms with Gasteiger partial charge >= 0.3 is 0 Å². The summed E-state index contributed by atoms with van der Waals surface area (Å²) in [5, 5.41) is 8.78. The molecule has 7 nitrogen and oxygen atoms in total. The SMILES string of the molecule is CCN(CC)S(=O)(=O)c1ccc(SCc2nnc(-c3ccccc3)o2)nc1. The average molecular weight is 405 g/mol. The first-order valence-corrected chi connectivity index (χ1v) is 10.9. The van der Waals surface area contributed by atoms with Gasteiger partial charge in [0.25, 0.3) is 0 Å². The summed E-state index contributed by atoms with van der Waals surface area (Å²) in [6.45, 7) is 4.48. The van der Waals surface area contributed by atoms with Crippen molar-refractivity contribution in [1.82, 2.24) is 19.5 Å². The molecule has 2 heterocycles. The lowest BCUT2D eigenvalue weighted by atomic mass is 10.2. The van der Waals surface area contributed by atoms with Gasteiger partial charge in [-0.15, -0.1) is 10.2 Å². The van der Waals surface area contributed by atoms with E-state index in [0.717, 1.165) is 5.56 Å². The Labute approximate surface area is 162 Å². The zero-order valence-corrected chi connectivity index (χ0v) is 16.7. The van der Waals surface area contributed by atoms with Crippen molar-refractivity contribution in [2.75, 3.05) is 13.1 Å². The van der Waals surface area contributed by atoms with Gasteiger partial charge in [-0.25, -0.2) is 13.4 Å². The van der Waals surface area contributed by atoms with E-state index < -0.39 is 10.0 Å². The minimum absolute atomic E-state index is 0.194. The van der Waals surface area contributed by atoms with E-state index in [4.69, 9.17) is 4.42 Å². The number of hydrogen-bond acceptors (Lipinski definition) is 7. The fourth-order valence-electron chi connectivity index (χ4n) is 2.46. The molecule has 0 saturated carbocycles. The fraction of sp³-hybridized carbons (Fsp3) is 0.278. The summed E-state index contributed by atoms with van der Waals surface area (Å²) in [5.41, 5.74) is 0.866. The lowest BCUT2D eigenvalue weighted by molar-refractivity contribution is 0.445. The molecule has 0 saturated heterocycles. The van der Waals surface area contributed by atoms with Gasteiger partial charge in [0.15, 0.2) is 0 Å². The molecule has 0 radical (unpaired) electrons. The molecule has 0 amide bonds. The van der Waals surface area contributed by atoms with Crippen LogP contribution in [0, 0.1) is 0 Å². The zero-order valence-electron chi connectivity index (χ0n) is 15.1. The molecule has 0 fully saturated rings. The van der Waals surface area contributed by atoms with Crippen LogP contribution in [0.1, 0.15) is 19.7 Å². The van der Waals surface area contributed by atoms with Gasteiger partial charge in [-0.2, -0.15) is 4.31 Å². The predicted molar refractivity (Wildman–Crippen MR) is 104 cm³/mol. The summed E-state index contributed by atoms with van der Waals surface area (Å²) in [5.74, 6) is 1.41. The third-order valence-electron chi connectivity index (χ3n) is 3.88. The van der Waals surface area contributed by atoms with Crippen LogP contribution in [0.3, 0.4) is 0 Å². The fourth-order valence-corrected chi connectivity index (χ4v) is 4.55. The highest BCUT2D eigenvalue weighted by molar-refractivity contribution is 7.98. The van der Waals surface area contributed by atoms with Crippen LogP contribution in [0.5, 0.6) is 0 Å². The Hall–Kier alpha value is -2.23. The third kappa shape index (κ3) is 4.55. The van der Waals surface area contributed by atoms with Crippen molar-refractivity contribution < 1.29 is 12.8 Å². The molecule has 3 aromatic rings. The monoisotopic (exact) mass is 404 g/mol. The first-order valence-electron chi connectivity index (χ1n) is 8.51. The van der Waals surface area contributed by atoms with Crippen molar-refractivity contribution in [3.63, 3.8) is 0 Å². The third-order valence-corrected chi connectivity index (χ3v) is 6.85. The van der Waals surface area contributed by atoms with E-state index in [2.05, 4.69) is 15.2 Å². The van der Waals surface area contributed by atoms with Gasteiger partial charge in [-0.3, -0.25) is 0 Å². The van der Waals surface area contributed by atoms with Crippen molar-refractivity contribution in [3.8, 4) is 11.5 Å². The lowest BCUT2D eigenvalue weighted by Gasteiger charge is -2.18. The molecule has 0 aliphatic carbocycles. The van der Waals surface area contributed by atoms with Gasteiger partial charge in [0, 0.05) is 24.8 Å². The Bertz CT molecular complexity index is 969. The number of thioether (sulfide) groups is 1. The summed E-state index contributed by atoms with van der Waals surface area (Å²) in [7, 11) is -3.49. The molecular weight excluding hydrogens is 384 g/mol.